The number of rotatable bonds is 4. The number of benzene rings is 1. The molecule has 17 heavy (non-hydrogen) atoms. The van der Waals surface area contributed by atoms with Crippen molar-refractivity contribution in [2.45, 2.75) is 26.8 Å². The van der Waals surface area contributed by atoms with Gasteiger partial charge in [0, 0.05) is 10.0 Å². The maximum Gasteiger partial charge on any atom is 0.251 e. The second-order valence-electron chi connectivity index (χ2n) is 4.52. The molecule has 0 aliphatic heterocycles. The maximum absolute atomic E-state index is 12.0. The van der Waals surface area contributed by atoms with Crippen molar-refractivity contribution in [2.75, 3.05) is 6.61 Å². The summed E-state index contributed by atoms with van der Waals surface area (Å²) in [6.45, 7) is 5.82. The third kappa shape index (κ3) is 4.13. The number of aliphatic hydroxyl groups excluding tert-OH is 1. The first-order chi connectivity index (χ1) is 7.93. The van der Waals surface area contributed by atoms with Crippen LogP contribution >= 0.6 is 15.9 Å². The molecule has 1 amide bonds. The monoisotopic (exact) mass is 299 g/mol. The molecule has 4 heteroatoms. The van der Waals surface area contributed by atoms with E-state index in [1.807, 2.05) is 32.9 Å². The van der Waals surface area contributed by atoms with Crippen LogP contribution in [0.15, 0.2) is 22.7 Å². The molecule has 0 saturated carbocycles. The highest BCUT2D eigenvalue weighted by Crippen LogP contribution is 2.15. The summed E-state index contributed by atoms with van der Waals surface area (Å²) >= 11 is 3.36. The Bertz CT molecular complexity index is 384. The molecule has 0 aromatic heterocycles. The fraction of sp³-hybridized carbons (Fsp3) is 0.462. The summed E-state index contributed by atoms with van der Waals surface area (Å²) in [7, 11) is 0. The van der Waals surface area contributed by atoms with E-state index in [2.05, 4.69) is 21.2 Å². The van der Waals surface area contributed by atoms with E-state index in [9.17, 15) is 9.90 Å². The van der Waals surface area contributed by atoms with Gasteiger partial charge in [-0.25, -0.2) is 0 Å². The van der Waals surface area contributed by atoms with E-state index in [-0.39, 0.29) is 24.5 Å². The minimum absolute atomic E-state index is 0.0452. The molecule has 1 rings (SSSR count). The minimum atomic E-state index is -0.207. The van der Waals surface area contributed by atoms with Gasteiger partial charge in [-0.1, -0.05) is 29.8 Å². The van der Waals surface area contributed by atoms with Crippen molar-refractivity contribution in [3.8, 4) is 0 Å². The number of aryl methyl sites for hydroxylation is 1. The molecular weight excluding hydrogens is 282 g/mol. The molecule has 0 aliphatic rings. The van der Waals surface area contributed by atoms with Gasteiger partial charge in [0.15, 0.2) is 0 Å². The van der Waals surface area contributed by atoms with Gasteiger partial charge in [0.1, 0.15) is 0 Å². The van der Waals surface area contributed by atoms with Crippen molar-refractivity contribution in [2.24, 2.45) is 5.92 Å². The Hall–Kier alpha value is -0.870. The van der Waals surface area contributed by atoms with E-state index in [0.717, 1.165) is 10.0 Å². The predicted molar refractivity (Wildman–Crippen MR) is 72.1 cm³/mol. The number of halogens is 1. The highest BCUT2D eigenvalue weighted by atomic mass is 79.9. The van der Waals surface area contributed by atoms with Crippen LogP contribution in [-0.4, -0.2) is 23.7 Å². The molecule has 0 bridgehead atoms. The Balaban J connectivity index is 2.82. The predicted octanol–water partition coefficient (Wildman–Crippen LogP) is 2.50. The SMILES string of the molecule is Cc1cc(Br)cc(C(=O)N[C@H](CO)C(C)C)c1. The molecule has 0 fully saturated rings. The first-order valence-corrected chi connectivity index (χ1v) is 6.42. The van der Waals surface area contributed by atoms with Crippen molar-refractivity contribution >= 4 is 21.8 Å². The van der Waals surface area contributed by atoms with Crippen LogP contribution in [0.2, 0.25) is 0 Å². The van der Waals surface area contributed by atoms with Crippen molar-refractivity contribution in [1.82, 2.24) is 5.32 Å². The second-order valence-corrected chi connectivity index (χ2v) is 5.44. The topological polar surface area (TPSA) is 49.3 Å². The third-order valence-electron chi connectivity index (χ3n) is 2.62. The normalized spacial score (nSPS) is 12.6. The molecule has 1 aromatic rings. The smallest absolute Gasteiger partial charge is 0.251 e. The van der Waals surface area contributed by atoms with Crippen molar-refractivity contribution in [3.05, 3.63) is 33.8 Å². The second kappa shape index (κ2) is 6.17. The van der Waals surface area contributed by atoms with E-state index in [4.69, 9.17) is 0 Å². The van der Waals surface area contributed by atoms with Crippen LogP contribution in [0.1, 0.15) is 29.8 Å². The summed E-state index contributed by atoms with van der Waals surface area (Å²) < 4.78 is 0.882. The molecule has 0 saturated heterocycles. The Kier molecular flexibility index (Phi) is 5.15. The lowest BCUT2D eigenvalue weighted by Gasteiger charge is -2.20. The maximum atomic E-state index is 12.0. The van der Waals surface area contributed by atoms with Crippen molar-refractivity contribution in [1.29, 1.82) is 0 Å². The van der Waals surface area contributed by atoms with Crippen LogP contribution in [0.25, 0.3) is 0 Å². The number of carbonyl (C=O) groups is 1. The van der Waals surface area contributed by atoms with Crippen LogP contribution in [0.4, 0.5) is 0 Å². The van der Waals surface area contributed by atoms with Gasteiger partial charge >= 0.3 is 0 Å². The van der Waals surface area contributed by atoms with E-state index in [1.165, 1.54) is 0 Å². The zero-order chi connectivity index (χ0) is 13.0. The van der Waals surface area contributed by atoms with Gasteiger partial charge in [0.05, 0.1) is 12.6 Å². The molecular formula is C13H18BrNO2. The van der Waals surface area contributed by atoms with E-state index < -0.39 is 0 Å². The van der Waals surface area contributed by atoms with Crippen molar-refractivity contribution < 1.29 is 9.90 Å². The summed E-state index contributed by atoms with van der Waals surface area (Å²) in [5, 5.41) is 12.0. The molecule has 3 nitrogen and oxygen atoms in total. The number of amides is 1. The van der Waals surface area contributed by atoms with Gasteiger partial charge in [-0.2, -0.15) is 0 Å². The molecule has 0 aliphatic carbocycles. The summed E-state index contributed by atoms with van der Waals surface area (Å²) in [5.41, 5.74) is 1.63. The molecule has 0 spiro atoms. The van der Waals surface area contributed by atoms with E-state index in [1.54, 1.807) is 6.07 Å². The average molecular weight is 300 g/mol. The molecule has 0 radical (unpaired) electrons. The summed E-state index contributed by atoms with van der Waals surface area (Å²) in [6, 6.07) is 5.34. The first-order valence-electron chi connectivity index (χ1n) is 5.63. The molecule has 2 N–H and O–H groups in total. The first kappa shape index (κ1) is 14.2. The average Bonchev–Trinajstić information content (AvgIpc) is 2.23. The van der Waals surface area contributed by atoms with Gasteiger partial charge in [-0.3, -0.25) is 4.79 Å². The molecule has 0 heterocycles. The minimum Gasteiger partial charge on any atom is -0.394 e. The van der Waals surface area contributed by atoms with Crippen LogP contribution in [-0.2, 0) is 0 Å². The molecule has 0 unspecified atom stereocenters. The summed E-state index contributed by atoms with van der Waals surface area (Å²) in [5.74, 6) is 0.0550. The Labute approximate surface area is 110 Å². The third-order valence-corrected chi connectivity index (χ3v) is 3.08. The number of aliphatic hydroxyl groups is 1. The van der Waals surface area contributed by atoms with Gasteiger partial charge in [-0.05, 0) is 36.6 Å². The quantitative estimate of drug-likeness (QED) is 0.897. The van der Waals surface area contributed by atoms with Crippen LogP contribution < -0.4 is 5.32 Å². The molecule has 1 aromatic carbocycles. The van der Waals surface area contributed by atoms with Crippen LogP contribution in [0.5, 0.6) is 0 Å². The van der Waals surface area contributed by atoms with Gasteiger partial charge < -0.3 is 10.4 Å². The zero-order valence-corrected chi connectivity index (χ0v) is 11.9. The zero-order valence-electron chi connectivity index (χ0n) is 10.3. The largest absolute Gasteiger partial charge is 0.394 e. The van der Waals surface area contributed by atoms with E-state index >= 15 is 0 Å². The number of carbonyl (C=O) groups excluding carboxylic acids is 1. The lowest BCUT2D eigenvalue weighted by molar-refractivity contribution is 0.0896. The number of hydrogen-bond donors (Lipinski definition) is 2. The number of hydrogen-bond acceptors (Lipinski definition) is 2. The molecule has 94 valence electrons. The van der Waals surface area contributed by atoms with Crippen LogP contribution in [0.3, 0.4) is 0 Å². The van der Waals surface area contributed by atoms with Gasteiger partial charge in [0.2, 0.25) is 0 Å². The van der Waals surface area contributed by atoms with E-state index in [0.29, 0.717) is 5.56 Å². The Morgan fingerprint density at radius 1 is 1.41 bits per heavy atom. The lowest BCUT2D eigenvalue weighted by Crippen LogP contribution is -2.41. The Morgan fingerprint density at radius 3 is 2.53 bits per heavy atom. The van der Waals surface area contributed by atoms with Gasteiger partial charge in [0.25, 0.3) is 5.91 Å². The van der Waals surface area contributed by atoms with Crippen LogP contribution in [0, 0.1) is 12.8 Å². The summed E-state index contributed by atoms with van der Waals surface area (Å²) in [6.07, 6.45) is 0. The standard InChI is InChI=1S/C13H18BrNO2/c1-8(2)12(7-16)15-13(17)10-4-9(3)5-11(14)6-10/h4-6,8,12,16H,7H2,1-3H3,(H,15,17)/t12-/m1/s1. The van der Waals surface area contributed by atoms with Crippen molar-refractivity contribution in [3.63, 3.8) is 0 Å². The Morgan fingerprint density at radius 2 is 2.06 bits per heavy atom. The lowest BCUT2D eigenvalue weighted by atomic mass is 10.0. The summed E-state index contributed by atoms with van der Waals surface area (Å²) in [4.78, 5) is 12.0. The fourth-order valence-corrected chi connectivity index (χ4v) is 2.15. The molecule has 1 atom stereocenters. The fourth-order valence-electron chi connectivity index (χ4n) is 1.54. The highest BCUT2D eigenvalue weighted by Gasteiger charge is 2.16. The highest BCUT2D eigenvalue weighted by molar-refractivity contribution is 9.10. The number of nitrogens with one attached hydrogen (secondary N) is 1. The van der Waals surface area contributed by atoms with Gasteiger partial charge in [-0.15, -0.1) is 0 Å².